The van der Waals surface area contributed by atoms with Gasteiger partial charge in [0.2, 0.25) is 17.7 Å². The van der Waals surface area contributed by atoms with Crippen molar-refractivity contribution in [2.24, 2.45) is 5.92 Å². The van der Waals surface area contributed by atoms with Crippen LogP contribution in [0.25, 0.3) is 0 Å². The molecular formula is C21H29FN4O4. The minimum atomic E-state index is -1.03. The van der Waals surface area contributed by atoms with Crippen LogP contribution in [0.2, 0.25) is 0 Å². The molecule has 0 aliphatic carbocycles. The van der Waals surface area contributed by atoms with Crippen LogP contribution < -0.4 is 16.0 Å². The van der Waals surface area contributed by atoms with E-state index in [2.05, 4.69) is 16.0 Å². The molecule has 4 N–H and O–H groups in total. The van der Waals surface area contributed by atoms with Crippen LogP contribution in [0.15, 0.2) is 24.3 Å². The third-order valence-electron chi connectivity index (χ3n) is 4.71. The number of carbonyl (C=O) groups excluding carboxylic acids is 4. The lowest BCUT2D eigenvalue weighted by atomic mass is 9.97. The number of amides is 3. The van der Waals surface area contributed by atoms with E-state index in [9.17, 15) is 23.6 Å². The number of benzene rings is 1. The second-order valence-corrected chi connectivity index (χ2v) is 7.12. The molecule has 0 saturated carbocycles. The van der Waals surface area contributed by atoms with Crippen molar-refractivity contribution in [1.82, 2.24) is 16.0 Å². The number of carbonyl (C=O) groups is 4. The number of nitrogens with one attached hydrogen (secondary N) is 4. The van der Waals surface area contributed by atoms with Crippen molar-refractivity contribution in [1.29, 1.82) is 5.41 Å². The summed E-state index contributed by atoms with van der Waals surface area (Å²) >= 11 is 0. The van der Waals surface area contributed by atoms with Gasteiger partial charge in [0.25, 0.3) is 0 Å². The zero-order valence-corrected chi connectivity index (χ0v) is 17.5. The molecule has 0 heterocycles. The topological polar surface area (TPSA) is 128 Å². The zero-order chi connectivity index (χ0) is 22.7. The third kappa shape index (κ3) is 8.50. The summed E-state index contributed by atoms with van der Waals surface area (Å²) in [7, 11) is 0. The fraction of sp³-hybridized carbons (Fsp3) is 0.476. The average molecular weight is 420 g/mol. The van der Waals surface area contributed by atoms with Gasteiger partial charge in [0, 0.05) is 19.9 Å². The first-order chi connectivity index (χ1) is 14.2. The highest BCUT2D eigenvalue weighted by Gasteiger charge is 2.29. The molecule has 0 radical (unpaired) electrons. The number of Topliss-reactive ketones (excluding diaryl/α,β-unsaturated/α-hetero) is 1. The van der Waals surface area contributed by atoms with Crippen LogP contribution in [0.3, 0.4) is 0 Å². The minimum Gasteiger partial charge on any atom is -0.350 e. The molecule has 8 nitrogen and oxygen atoms in total. The van der Waals surface area contributed by atoms with Gasteiger partial charge in [-0.1, -0.05) is 32.4 Å². The maximum absolute atomic E-state index is 13.0. The van der Waals surface area contributed by atoms with Crippen molar-refractivity contribution in [3.8, 4) is 0 Å². The van der Waals surface area contributed by atoms with Crippen molar-refractivity contribution < 1.29 is 23.6 Å². The SMILES string of the molecule is CCC(C)[C@H](NC(C)=O)C(=O)N[C@@H](CCC(=O)C=N)C(=O)NCc1ccc(F)cc1. The standard InChI is InChI=1S/C21H29FN4O4/c1-4-13(2)19(25-14(3)27)21(30)26-18(10-9-17(28)11-23)20(29)24-12-15-5-7-16(22)8-6-15/h5-8,11,13,18-19,23H,4,9-10,12H2,1-3H3,(H,24,29)(H,25,27)(H,26,30)/t13?,18-,19-/m0/s1. The molecule has 0 fully saturated rings. The molecule has 164 valence electrons. The quantitative estimate of drug-likeness (QED) is 0.382. The van der Waals surface area contributed by atoms with E-state index in [1.54, 1.807) is 0 Å². The van der Waals surface area contributed by atoms with Crippen LogP contribution in [0.5, 0.6) is 0 Å². The Hall–Kier alpha value is -3.10. The third-order valence-corrected chi connectivity index (χ3v) is 4.71. The van der Waals surface area contributed by atoms with E-state index < -0.39 is 35.5 Å². The van der Waals surface area contributed by atoms with E-state index in [-0.39, 0.29) is 31.2 Å². The number of rotatable bonds is 12. The van der Waals surface area contributed by atoms with E-state index in [1.165, 1.54) is 31.2 Å². The predicted octanol–water partition coefficient (Wildman–Crippen LogP) is 1.48. The molecule has 3 atom stereocenters. The Bertz CT molecular complexity index is 767. The summed E-state index contributed by atoms with van der Waals surface area (Å²) in [5.74, 6) is -2.44. The smallest absolute Gasteiger partial charge is 0.243 e. The summed E-state index contributed by atoms with van der Waals surface area (Å²) < 4.78 is 13.0. The van der Waals surface area contributed by atoms with E-state index in [1.807, 2.05) is 13.8 Å². The Morgan fingerprint density at radius 2 is 1.73 bits per heavy atom. The lowest BCUT2D eigenvalue weighted by Crippen LogP contribution is -2.55. The van der Waals surface area contributed by atoms with Crippen molar-refractivity contribution >= 4 is 29.7 Å². The monoisotopic (exact) mass is 420 g/mol. The summed E-state index contributed by atoms with van der Waals surface area (Å²) in [4.78, 5) is 48.3. The van der Waals surface area contributed by atoms with E-state index in [0.29, 0.717) is 18.2 Å². The second kappa shape index (κ2) is 12.5. The summed E-state index contributed by atoms with van der Waals surface area (Å²) in [5.41, 5.74) is 0.668. The molecule has 1 unspecified atom stereocenters. The number of halogens is 1. The van der Waals surface area contributed by atoms with Gasteiger partial charge in [-0.05, 0) is 30.0 Å². The zero-order valence-electron chi connectivity index (χ0n) is 17.5. The van der Waals surface area contributed by atoms with Gasteiger partial charge in [-0.2, -0.15) is 0 Å². The summed E-state index contributed by atoms with van der Waals surface area (Å²) in [6.07, 6.45) is 1.20. The van der Waals surface area contributed by atoms with Crippen LogP contribution >= 0.6 is 0 Å². The van der Waals surface area contributed by atoms with E-state index in [4.69, 9.17) is 5.41 Å². The molecule has 0 spiro atoms. The van der Waals surface area contributed by atoms with Crippen molar-refractivity contribution in [3.63, 3.8) is 0 Å². The number of hydrogen-bond donors (Lipinski definition) is 4. The maximum atomic E-state index is 13.0. The van der Waals surface area contributed by atoms with Crippen LogP contribution in [0.4, 0.5) is 4.39 Å². The minimum absolute atomic E-state index is 0.00248. The van der Waals surface area contributed by atoms with Crippen LogP contribution in [-0.2, 0) is 25.7 Å². The molecule has 0 bridgehead atoms. The van der Waals surface area contributed by atoms with Gasteiger partial charge in [-0.3, -0.25) is 19.2 Å². The van der Waals surface area contributed by atoms with Gasteiger partial charge in [0.15, 0.2) is 5.78 Å². The molecular weight excluding hydrogens is 391 g/mol. The lowest BCUT2D eigenvalue weighted by molar-refractivity contribution is -0.133. The normalized spacial score (nSPS) is 13.5. The molecule has 9 heteroatoms. The Morgan fingerprint density at radius 1 is 1.10 bits per heavy atom. The summed E-state index contributed by atoms with van der Waals surface area (Å²) in [6, 6.07) is 3.75. The van der Waals surface area contributed by atoms with Crippen molar-refractivity contribution in [2.75, 3.05) is 0 Å². The molecule has 1 aromatic rings. The molecule has 1 aromatic carbocycles. The Balaban J connectivity index is 2.88. The fourth-order valence-electron chi connectivity index (χ4n) is 2.72. The van der Waals surface area contributed by atoms with Gasteiger partial charge in [-0.25, -0.2) is 4.39 Å². The van der Waals surface area contributed by atoms with Crippen LogP contribution in [0, 0.1) is 17.1 Å². The van der Waals surface area contributed by atoms with Crippen LogP contribution in [-0.4, -0.2) is 41.8 Å². The molecule has 0 aliphatic heterocycles. The summed E-state index contributed by atoms with van der Waals surface area (Å²) in [5, 5.41) is 14.9. The Morgan fingerprint density at radius 3 is 2.27 bits per heavy atom. The lowest BCUT2D eigenvalue weighted by Gasteiger charge is -2.26. The highest BCUT2D eigenvalue weighted by atomic mass is 19.1. The predicted molar refractivity (Wildman–Crippen MR) is 110 cm³/mol. The van der Waals surface area contributed by atoms with Gasteiger partial charge >= 0.3 is 0 Å². The maximum Gasteiger partial charge on any atom is 0.243 e. The highest BCUT2D eigenvalue weighted by Crippen LogP contribution is 2.10. The number of ketones is 1. The molecule has 3 amide bonds. The molecule has 1 rings (SSSR count). The van der Waals surface area contributed by atoms with Gasteiger partial charge in [-0.15, -0.1) is 0 Å². The molecule has 0 aromatic heterocycles. The van der Waals surface area contributed by atoms with Gasteiger partial charge in [0.05, 0.1) is 6.21 Å². The van der Waals surface area contributed by atoms with Crippen molar-refractivity contribution in [2.45, 2.75) is 58.7 Å². The van der Waals surface area contributed by atoms with Crippen LogP contribution in [0.1, 0.15) is 45.6 Å². The summed E-state index contributed by atoms with van der Waals surface area (Å²) in [6.45, 7) is 5.10. The van der Waals surface area contributed by atoms with E-state index >= 15 is 0 Å². The highest BCUT2D eigenvalue weighted by molar-refractivity contribution is 6.26. The Labute approximate surface area is 175 Å². The molecule has 0 aliphatic rings. The van der Waals surface area contributed by atoms with E-state index in [0.717, 1.165) is 0 Å². The largest absolute Gasteiger partial charge is 0.350 e. The first-order valence-electron chi connectivity index (χ1n) is 9.80. The number of hydrogen-bond acceptors (Lipinski definition) is 5. The van der Waals surface area contributed by atoms with Gasteiger partial charge < -0.3 is 21.4 Å². The second-order valence-electron chi connectivity index (χ2n) is 7.12. The van der Waals surface area contributed by atoms with Gasteiger partial charge in [0.1, 0.15) is 17.9 Å². The Kier molecular flexibility index (Phi) is 10.4. The molecule has 0 saturated heterocycles. The first-order valence-corrected chi connectivity index (χ1v) is 9.80. The average Bonchev–Trinajstić information content (AvgIpc) is 2.73. The van der Waals surface area contributed by atoms with Crippen molar-refractivity contribution in [3.05, 3.63) is 35.6 Å². The fourth-order valence-corrected chi connectivity index (χ4v) is 2.72. The molecule has 30 heavy (non-hydrogen) atoms. The first kappa shape index (κ1) is 24.9.